The minimum atomic E-state index is 0.481. The molecule has 0 spiro atoms. The van der Waals surface area contributed by atoms with Crippen molar-refractivity contribution in [3.63, 3.8) is 0 Å². The van der Waals surface area contributed by atoms with Gasteiger partial charge < -0.3 is 4.74 Å². The Morgan fingerprint density at radius 2 is 1.93 bits per heavy atom. The van der Waals surface area contributed by atoms with Gasteiger partial charge in [0.1, 0.15) is 0 Å². The van der Waals surface area contributed by atoms with Gasteiger partial charge in [-0.1, -0.05) is 55.0 Å². The maximum Gasteiger partial charge on any atom is 0.0700 e. The van der Waals surface area contributed by atoms with Gasteiger partial charge in [0.05, 0.1) is 6.10 Å². The molecule has 0 amide bonds. The summed E-state index contributed by atoms with van der Waals surface area (Å²) in [6.45, 7) is 3.19. The molecule has 0 radical (unpaired) electrons. The van der Waals surface area contributed by atoms with E-state index in [9.17, 15) is 0 Å². The summed E-state index contributed by atoms with van der Waals surface area (Å²) in [4.78, 5) is 0.603. The summed E-state index contributed by atoms with van der Waals surface area (Å²) in [6, 6.07) is 0. The first kappa shape index (κ1) is 12.5. The summed E-state index contributed by atoms with van der Waals surface area (Å²) in [5.41, 5.74) is 0. The van der Waals surface area contributed by atoms with Gasteiger partial charge in [-0.25, -0.2) is 0 Å². The Hall–Kier alpha value is 0.440. The molecule has 1 saturated carbocycles. The zero-order valence-electron chi connectivity index (χ0n) is 9.30. The quantitative estimate of drug-likeness (QED) is 0.408. The van der Waals surface area contributed by atoms with Crippen molar-refractivity contribution in [1.29, 1.82) is 0 Å². The third-order valence-corrected chi connectivity index (χ3v) is 4.00. The topological polar surface area (TPSA) is 9.23 Å². The highest BCUT2D eigenvalue weighted by Gasteiger charge is 2.21. The summed E-state index contributed by atoms with van der Waals surface area (Å²) in [6.07, 6.45) is 10.9. The second-order valence-corrected chi connectivity index (χ2v) is 5.45. The molecule has 0 heterocycles. The van der Waals surface area contributed by atoms with E-state index in [1.54, 1.807) is 0 Å². The van der Waals surface area contributed by atoms with Crippen molar-refractivity contribution < 1.29 is 4.74 Å². The molecular weight excluding hydrogens is 240 g/mol. The molecule has 1 rings (SSSR count). The maximum atomic E-state index is 5.93. The van der Waals surface area contributed by atoms with Gasteiger partial charge >= 0.3 is 0 Å². The van der Waals surface area contributed by atoms with Crippen LogP contribution >= 0.6 is 15.9 Å². The van der Waals surface area contributed by atoms with Crippen molar-refractivity contribution in [2.45, 2.75) is 69.2 Å². The lowest BCUT2D eigenvalue weighted by molar-refractivity contribution is 0.0460. The molecule has 1 aliphatic rings. The molecule has 0 aromatic carbocycles. The highest BCUT2D eigenvalue weighted by molar-refractivity contribution is 9.09. The van der Waals surface area contributed by atoms with Crippen molar-refractivity contribution >= 4 is 15.9 Å². The summed E-state index contributed by atoms with van der Waals surface area (Å²) < 4.78 is 5.93. The number of rotatable bonds is 5. The summed E-state index contributed by atoms with van der Waals surface area (Å²) >= 11 is 3.75. The van der Waals surface area contributed by atoms with Crippen LogP contribution in [0.25, 0.3) is 0 Å². The van der Waals surface area contributed by atoms with Crippen LogP contribution in [-0.4, -0.2) is 17.5 Å². The lowest BCUT2D eigenvalue weighted by Gasteiger charge is -2.20. The predicted octanol–water partition coefficient (Wildman–Crippen LogP) is 4.29. The Morgan fingerprint density at radius 3 is 2.71 bits per heavy atom. The van der Waals surface area contributed by atoms with E-state index >= 15 is 0 Å². The molecule has 14 heavy (non-hydrogen) atoms. The third-order valence-electron chi connectivity index (χ3n) is 2.95. The highest BCUT2D eigenvalue weighted by Crippen LogP contribution is 2.26. The van der Waals surface area contributed by atoms with Crippen LogP contribution in [0.4, 0.5) is 0 Å². The van der Waals surface area contributed by atoms with Gasteiger partial charge in [-0.3, -0.25) is 0 Å². The molecule has 0 saturated heterocycles. The molecule has 0 aliphatic heterocycles. The number of halogens is 1. The molecule has 2 atom stereocenters. The largest absolute Gasteiger partial charge is 0.377 e. The van der Waals surface area contributed by atoms with E-state index in [1.807, 2.05) is 0 Å². The predicted molar refractivity (Wildman–Crippen MR) is 65.1 cm³/mol. The van der Waals surface area contributed by atoms with Crippen molar-refractivity contribution in [2.24, 2.45) is 0 Å². The SMILES string of the molecule is CCCCCOC1CCCCCC1Br. The first-order valence-electron chi connectivity index (χ1n) is 6.10. The number of hydrogen-bond acceptors (Lipinski definition) is 1. The molecule has 1 fully saturated rings. The van der Waals surface area contributed by atoms with Gasteiger partial charge in [0.2, 0.25) is 0 Å². The van der Waals surface area contributed by atoms with Crippen LogP contribution < -0.4 is 0 Å². The van der Waals surface area contributed by atoms with E-state index in [0.29, 0.717) is 10.9 Å². The molecule has 1 nitrogen and oxygen atoms in total. The summed E-state index contributed by atoms with van der Waals surface area (Å²) in [7, 11) is 0. The number of ether oxygens (including phenoxy) is 1. The fraction of sp³-hybridized carbons (Fsp3) is 1.00. The first-order valence-corrected chi connectivity index (χ1v) is 7.02. The lowest BCUT2D eigenvalue weighted by atomic mass is 10.1. The standard InChI is InChI=1S/C12H23BrO/c1-2-3-7-10-14-12-9-6-4-5-8-11(12)13/h11-12H,2-10H2,1H3. The molecular formula is C12H23BrO. The maximum absolute atomic E-state index is 5.93. The molecule has 0 bridgehead atoms. The minimum Gasteiger partial charge on any atom is -0.377 e. The molecule has 2 unspecified atom stereocenters. The second-order valence-electron chi connectivity index (χ2n) is 4.27. The van der Waals surface area contributed by atoms with Gasteiger partial charge in [0.25, 0.3) is 0 Å². The zero-order valence-corrected chi connectivity index (χ0v) is 10.9. The molecule has 2 heteroatoms. The van der Waals surface area contributed by atoms with Crippen LogP contribution in [0.2, 0.25) is 0 Å². The van der Waals surface area contributed by atoms with Crippen LogP contribution in [0.1, 0.15) is 58.3 Å². The van der Waals surface area contributed by atoms with Crippen LogP contribution in [0, 0.1) is 0 Å². The van der Waals surface area contributed by atoms with Gasteiger partial charge in [0.15, 0.2) is 0 Å². The summed E-state index contributed by atoms with van der Waals surface area (Å²) in [5.74, 6) is 0. The van der Waals surface area contributed by atoms with Crippen molar-refractivity contribution in [3.05, 3.63) is 0 Å². The summed E-state index contributed by atoms with van der Waals surface area (Å²) in [5, 5.41) is 0. The third kappa shape index (κ3) is 4.79. The van der Waals surface area contributed by atoms with Crippen LogP contribution in [0.3, 0.4) is 0 Å². The zero-order chi connectivity index (χ0) is 10.2. The Kier molecular flexibility index (Phi) is 6.88. The number of hydrogen-bond donors (Lipinski definition) is 0. The van der Waals surface area contributed by atoms with Gasteiger partial charge in [-0.2, -0.15) is 0 Å². The Balaban J connectivity index is 2.13. The van der Waals surface area contributed by atoms with Crippen molar-refractivity contribution in [3.8, 4) is 0 Å². The monoisotopic (exact) mass is 262 g/mol. The molecule has 0 aromatic rings. The average molecular weight is 263 g/mol. The van der Waals surface area contributed by atoms with Crippen molar-refractivity contribution in [2.75, 3.05) is 6.61 Å². The molecule has 1 aliphatic carbocycles. The van der Waals surface area contributed by atoms with E-state index in [0.717, 1.165) is 6.61 Å². The smallest absolute Gasteiger partial charge is 0.0700 e. The number of unbranched alkanes of at least 4 members (excludes halogenated alkanes) is 2. The normalized spacial score (nSPS) is 28.7. The Bertz CT molecular complexity index is 138. The van der Waals surface area contributed by atoms with E-state index < -0.39 is 0 Å². The van der Waals surface area contributed by atoms with Gasteiger partial charge in [-0.15, -0.1) is 0 Å². The van der Waals surface area contributed by atoms with Gasteiger partial charge in [-0.05, 0) is 19.3 Å². The van der Waals surface area contributed by atoms with E-state index in [2.05, 4.69) is 22.9 Å². The fourth-order valence-corrected chi connectivity index (χ4v) is 2.74. The first-order chi connectivity index (χ1) is 6.84. The van der Waals surface area contributed by atoms with Crippen molar-refractivity contribution in [1.82, 2.24) is 0 Å². The van der Waals surface area contributed by atoms with Crippen LogP contribution in [0.5, 0.6) is 0 Å². The lowest BCUT2D eigenvalue weighted by Crippen LogP contribution is -2.23. The minimum absolute atomic E-state index is 0.481. The van der Waals surface area contributed by atoms with E-state index in [4.69, 9.17) is 4.74 Å². The average Bonchev–Trinajstić information content (AvgIpc) is 2.39. The Labute approximate surface area is 96.7 Å². The molecule has 84 valence electrons. The second kappa shape index (κ2) is 7.70. The molecule has 0 N–H and O–H groups in total. The van der Waals surface area contributed by atoms with E-state index in [1.165, 1.54) is 51.4 Å². The number of alkyl halides is 1. The highest BCUT2D eigenvalue weighted by atomic mass is 79.9. The van der Waals surface area contributed by atoms with E-state index in [-0.39, 0.29) is 0 Å². The fourth-order valence-electron chi connectivity index (χ4n) is 2.00. The van der Waals surface area contributed by atoms with Gasteiger partial charge in [0, 0.05) is 11.4 Å². The Morgan fingerprint density at radius 1 is 1.14 bits per heavy atom. The van der Waals surface area contributed by atoms with Crippen LogP contribution in [-0.2, 0) is 4.74 Å². The molecule has 0 aromatic heterocycles. The van der Waals surface area contributed by atoms with Crippen LogP contribution in [0.15, 0.2) is 0 Å².